The van der Waals surface area contributed by atoms with E-state index in [0.717, 1.165) is 11.1 Å². The van der Waals surface area contributed by atoms with Gasteiger partial charge in [-0.15, -0.1) is 0 Å². The highest BCUT2D eigenvalue weighted by atomic mass is 16.2. The van der Waals surface area contributed by atoms with Crippen LogP contribution in [0.4, 0.5) is 16.3 Å². The molecule has 0 aliphatic carbocycles. The molecule has 4 aromatic rings. The van der Waals surface area contributed by atoms with E-state index in [4.69, 9.17) is 5.73 Å². The number of aromatic nitrogens is 3. The van der Waals surface area contributed by atoms with Gasteiger partial charge in [0, 0.05) is 50.8 Å². The number of carbonyl (C=O) groups is 2. The summed E-state index contributed by atoms with van der Waals surface area (Å²) in [6, 6.07) is 14.2. The van der Waals surface area contributed by atoms with E-state index in [1.165, 1.54) is 11.9 Å². The van der Waals surface area contributed by atoms with Crippen LogP contribution in [0.3, 0.4) is 0 Å². The maximum absolute atomic E-state index is 13.0. The van der Waals surface area contributed by atoms with E-state index < -0.39 is 11.3 Å². The molecule has 3 amide bonds. The molecule has 0 spiro atoms. The Labute approximate surface area is 207 Å². The van der Waals surface area contributed by atoms with Crippen LogP contribution in [0, 0.1) is 0 Å². The smallest absolute Gasteiger partial charge is 0.321 e. The Morgan fingerprint density at radius 2 is 1.86 bits per heavy atom. The molecule has 0 radical (unpaired) electrons. The van der Waals surface area contributed by atoms with E-state index in [1.807, 2.05) is 43.3 Å². The molecule has 0 fully saturated rings. The molecule has 0 saturated heterocycles. The number of nitrogens with two attached hydrogens (primary N) is 1. The van der Waals surface area contributed by atoms with E-state index in [1.54, 1.807) is 36.1 Å². The second-order valence-electron chi connectivity index (χ2n) is 8.11. The van der Waals surface area contributed by atoms with Gasteiger partial charge in [-0.05, 0) is 42.8 Å². The van der Waals surface area contributed by atoms with Gasteiger partial charge in [-0.2, -0.15) is 0 Å². The van der Waals surface area contributed by atoms with Crippen molar-refractivity contribution in [1.82, 2.24) is 25.2 Å². The Balaban J connectivity index is 1.60. The highest BCUT2D eigenvalue weighted by Crippen LogP contribution is 2.25. The average molecular weight is 486 g/mol. The number of benzene rings is 1. The summed E-state index contributed by atoms with van der Waals surface area (Å²) >= 11 is 0. The van der Waals surface area contributed by atoms with Gasteiger partial charge in [-0.3, -0.25) is 19.5 Å². The maximum atomic E-state index is 13.0. The summed E-state index contributed by atoms with van der Waals surface area (Å²) in [7, 11) is 3.14. The summed E-state index contributed by atoms with van der Waals surface area (Å²) in [4.78, 5) is 48.0. The monoisotopic (exact) mass is 485 g/mol. The Bertz CT molecular complexity index is 1480. The van der Waals surface area contributed by atoms with E-state index >= 15 is 0 Å². The van der Waals surface area contributed by atoms with Gasteiger partial charge < -0.3 is 20.9 Å². The Kier molecular flexibility index (Phi) is 6.95. The van der Waals surface area contributed by atoms with E-state index in [2.05, 4.69) is 20.6 Å². The number of hydrogen-bond acceptors (Lipinski definition) is 6. The predicted octanol–water partition coefficient (Wildman–Crippen LogP) is 2.77. The van der Waals surface area contributed by atoms with Crippen LogP contribution in [-0.4, -0.2) is 40.6 Å². The fourth-order valence-corrected chi connectivity index (χ4v) is 3.93. The Morgan fingerprint density at radius 3 is 2.50 bits per heavy atom. The van der Waals surface area contributed by atoms with Crippen LogP contribution in [0.15, 0.2) is 65.7 Å². The van der Waals surface area contributed by atoms with Crippen molar-refractivity contribution in [3.63, 3.8) is 0 Å². The standard InChI is InChI=1S/C26H27N7O3/c1-4-33-23(27)21(25(35)28-2)22(34)19-11-12-20(31-24(19)33)17-7-9-18(10-8-17)32(3)26(36)30-15-16-6-5-13-29-14-16/h5-14H,4,15,27H2,1-3H3,(H,28,35)(H,30,36). The zero-order valence-corrected chi connectivity index (χ0v) is 20.3. The number of hydrogen-bond donors (Lipinski definition) is 3. The van der Waals surface area contributed by atoms with Crippen LogP contribution in [-0.2, 0) is 13.1 Å². The summed E-state index contributed by atoms with van der Waals surface area (Å²) < 4.78 is 1.65. The average Bonchev–Trinajstić information content (AvgIpc) is 2.91. The van der Waals surface area contributed by atoms with Crippen molar-refractivity contribution in [3.8, 4) is 11.3 Å². The summed E-state index contributed by atoms with van der Waals surface area (Å²) in [5.41, 5.74) is 9.08. The maximum Gasteiger partial charge on any atom is 0.321 e. The number of anilines is 2. The number of nitrogen functional groups attached to an aromatic ring is 1. The van der Waals surface area contributed by atoms with E-state index in [0.29, 0.717) is 35.5 Å². The lowest BCUT2D eigenvalue weighted by molar-refractivity contribution is 0.0962. The van der Waals surface area contributed by atoms with Gasteiger partial charge in [0.15, 0.2) is 0 Å². The molecular weight excluding hydrogens is 458 g/mol. The molecule has 0 saturated carbocycles. The largest absolute Gasteiger partial charge is 0.384 e. The van der Waals surface area contributed by atoms with Gasteiger partial charge in [-0.1, -0.05) is 18.2 Å². The van der Waals surface area contributed by atoms with Crippen molar-refractivity contribution in [2.45, 2.75) is 20.0 Å². The van der Waals surface area contributed by atoms with Gasteiger partial charge in [0.1, 0.15) is 17.0 Å². The first-order valence-corrected chi connectivity index (χ1v) is 11.4. The van der Waals surface area contributed by atoms with Crippen molar-refractivity contribution in [1.29, 1.82) is 0 Å². The molecular formula is C26H27N7O3. The van der Waals surface area contributed by atoms with Crippen LogP contribution in [0.1, 0.15) is 22.8 Å². The number of rotatable bonds is 6. The van der Waals surface area contributed by atoms with Gasteiger partial charge in [0.05, 0.1) is 11.1 Å². The first kappa shape index (κ1) is 24.4. The second-order valence-corrected chi connectivity index (χ2v) is 8.11. The lowest BCUT2D eigenvalue weighted by Crippen LogP contribution is -2.36. The number of amides is 3. The molecule has 0 bridgehead atoms. The Hall–Kier alpha value is -4.73. The summed E-state index contributed by atoms with van der Waals surface area (Å²) in [5, 5.41) is 5.65. The fraction of sp³-hybridized carbons (Fsp3) is 0.192. The number of nitrogens with one attached hydrogen (secondary N) is 2. The molecule has 184 valence electrons. The minimum absolute atomic E-state index is 0.0771. The number of urea groups is 1. The first-order chi connectivity index (χ1) is 17.3. The van der Waals surface area contributed by atoms with Crippen LogP contribution >= 0.6 is 0 Å². The van der Waals surface area contributed by atoms with E-state index in [-0.39, 0.29) is 17.4 Å². The SMILES string of the molecule is CCn1c(N)c(C(=O)NC)c(=O)c2ccc(-c3ccc(N(C)C(=O)NCc4cccnc4)cc3)nc21. The van der Waals surface area contributed by atoms with Gasteiger partial charge in [0.25, 0.3) is 5.91 Å². The highest BCUT2D eigenvalue weighted by molar-refractivity contribution is 6.01. The zero-order valence-electron chi connectivity index (χ0n) is 20.3. The van der Waals surface area contributed by atoms with Crippen molar-refractivity contribution in [2.24, 2.45) is 0 Å². The molecule has 3 aromatic heterocycles. The van der Waals surface area contributed by atoms with Crippen LogP contribution in [0.25, 0.3) is 22.3 Å². The first-order valence-electron chi connectivity index (χ1n) is 11.4. The van der Waals surface area contributed by atoms with Gasteiger partial charge in [0.2, 0.25) is 5.43 Å². The molecule has 0 aliphatic rings. The molecule has 0 aliphatic heterocycles. The third kappa shape index (κ3) is 4.61. The van der Waals surface area contributed by atoms with Gasteiger partial charge >= 0.3 is 6.03 Å². The molecule has 10 nitrogen and oxygen atoms in total. The predicted molar refractivity (Wildman–Crippen MR) is 140 cm³/mol. The quantitative estimate of drug-likeness (QED) is 0.384. The molecule has 1 aromatic carbocycles. The van der Waals surface area contributed by atoms with Crippen molar-refractivity contribution < 1.29 is 9.59 Å². The number of pyridine rings is 3. The number of nitrogens with zero attached hydrogens (tertiary/aromatic N) is 4. The van der Waals surface area contributed by atoms with Gasteiger partial charge in [-0.25, -0.2) is 9.78 Å². The molecule has 10 heteroatoms. The molecule has 36 heavy (non-hydrogen) atoms. The third-order valence-corrected chi connectivity index (χ3v) is 5.94. The second kappa shape index (κ2) is 10.3. The zero-order chi connectivity index (χ0) is 25.8. The van der Waals surface area contributed by atoms with Crippen LogP contribution in [0.2, 0.25) is 0 Å². The normalized spacial score (nSPS) is 10.8. The number of carbonyl (C=O) groups excluding carboxylic acids is 2. The van der Waals surface area contributed by atoms with Crippen molar-refractivity contribution >= 4 is 34.5 Å². The Morgan fingerprint density at radius 1 is 1.11 bits per heavy atom. The third-order valence-electron chi connectivity index (χ3n) is 5.94. The lowest BCUT2D eigenvalue weighted by Gasteiger charge is -2.19. The molecule has 0 atom stereocenters. The highest BCUT2D eigenvalue weighted by Gasteiger charge is 2.21. The summed E-state index contributed by atoms with van der Waals surface area (Å²) in [6.07, 6.45) is 3.39. The minimum atomic E-state index is -0.533. The fourth-order valence-electron chi connectivity index (χ4n) is 3.93. The molecule has 4 N–H and O–H groups in total. The molecule has 0 unspecified atom stereocenters. The van der Waals surface area contributed by atoms with Crippen LogP contribution in [0.5, 0.6) is 0 Å². The van der Waals surface area contributed by atoms with Crippen molar-refractivity contribution in [3.05, 3.63) is 82.3 Å². The van der Waals surface area contributed by atoms with E-state index in [9.17, 15) is 14.4 Å². The van der Waals surface area contributed by atoms with Crippen LogP contribution < -0.4 is 26.7 Å². The molecule has 4 rings (SSSR count). The summed E-state index contributed by atoms with van der Waals surface area (Å²) in [6.45, 7) is 2.67. The summed E-state index contributed by atoms with van der Waals surface area (Å²) in [5.74, 6) is -0.455. The topological polar surface area (TPSA) is 135 Å². The van der Waals surface area contributed by atoms with Crippen molar-refractivity contribution in [2.75, 3.05) is 24.7 Å². The number of fused-ring (bicyclic) bond motifs is 1. The lowest BCUT2D eigenvalue weighted by atomic mass is 10.1. The molecule has 3 heterocycles. The minimum Gasteiger partial charge on any atom is -0.384 e. The number of aryl methyl sites for hydroxylation is 1.